The Morgan fingerprint density at radius 1 is 0.957 bits per heavy atom. The smallest absolute Gasteiger partial charge is 0.265 e. The van der Waals surface area contributed by atoms with Gasteiger partial charge in [-0.2, -0.15) is 0 Å². The summed E-state index contributed by atoms with van der Waals surface area (Å²) in [5.41, 5.74) is -0.728. The molecule has 0 saturated carbocycles. The van der Waals surface area contributed by atoms with E-state index in [4.69, 9.17) is 9.47 Å². The van der Waals surface area contributed by atoms with Gasteiger partial charge in [0.15, 0.2) is 17.5 Å². The molecule has 0 radical (unpaired) electrons. The van der Waals surface area contributed by atoms with Gasteiger partial charge in [-0.1, -0.05) is 0 Å². The Morgan fingerprint density at radius 3 is 2.26 bits per heavy atom. The Morgan fingerprint density at radius 2 is 1.65 bits per heavy atom. The maximum atomic E-state index is 13.6. The van der Waals surface area contributed by atoms with Gasteiger partial charge in [0.25, 0.3) is 10.0 Å². The van der Waals surface area contributed by atoms with Crippen molar-refractivity contribution in [3.63, 3.8) is 0 Å². The second kappa shape index (κ2) is 6.37. The molecule has 0 fully saturated rings. The summed E-state index contributed by atoms with van der Waals surface area (Å²) >= 11 is 0. The third kappa shape index (κ3) is 3.34. The first-order valence-corrected chi connectivity index (χ1v) is 7.67. The quantitative estimate of drug-likeness (QED) is 0.845. The number of sulfonamides is 1. The maximum absolute atomic E-state index is 13.6. The minimum atomic E-state index is -4.32. The number of anilines is 1. The van der Waals surface area contributed by atoms with Gasteiger partial charge >= 0.3 is 0 Å². The summed E-state index contributed by atoms with van der Waals surface area (Å²) in [7, 11) is -1.74. The summed E-state index contributed by atoms with van der Waals surface area (Å²) in [4.78, 5) is -0.344. The lowest BCUT2D eigenvalue weighted by Gasteiger charge is -2.13. The lowest BCUT2D eigenvalue weighted by atomic mass is 10.3. The molecule has 0 amide bonds. The van der Waals surface area contributed by atoms with E-state index in [0.29, 0.717) is 6.07 Å². The summed E-state index contributed by atoms with van der Waals surface area (Å²) in [5, 5.41) is 0. The third-order valence-electron chi connectivity index (χ3n) is 2.94. The van der Waals surface area contributed by atoms with E-state index >= 15 is 0 Å². The fourth-order valence-corrected chi connectivity index (χ4v) is 3.04. The molecule has 9 heteroatoms. The molecule has 0 aliphatic rings. The predicted octanol–water partition coefficient (Wildman–Crippen LogP) is 2.92. The summed E-state index contributed by atoms with van der Waals surface area (Å²) in [5.74, 6) is -4.65. The van der Waals surface area contributed by atoms with Crippen LogP contribution in [-0.2, 0) is 10.0 Å². The second-order valence-corrected chi connectivity index (χ2v) is 6.00. The van der Waals surface area contributed by atoms with Crippen LogP contribution in [0.4, 0.5) is 18.9 Å². The highest BCUT2D eigenvalue weighted by Gasteiger charge is 2.23. The molecule has 2 aromatic carbocycles. The number of halogens is 3. The van der Waals surface area contributed by atoms with Crippen molar-refractivity contribution in [2.24, 2.45) is 0 Å². The molecular weight excluding hydrogens is 335 g/mol. The van der Waals surface area contributed by atoms with E-state index in [0.717, 1.165) is 12.1 Å². The number of rotatable bonds is 5. The Bertz CT molecular complexity index is 840. The Hall–Kier alpha value is -2.42. The van der Waals surface area contributed by atoms with Crippen molar-refractivity contribution in [1.29, 1.82) is 0 Å². The highest BCUT2D eigenvalue weighted by molar-refractivity contribution is 7.92. The molecule has 0 aliphatic heterocycles. The van der Waals surface area contributed by atoms with E-state index in [1.54, 1.807) is 0 Å². The summed E-state index contributed by atoms with van der Waals surface area (Å²) in [6, 6.07) is 5.35. The molecule has 0 saturated heterocycles. The fraction of sp³-hybridized carbons (Fsp3) is 0.143. The van der Waals surface area contributed by atoms with Gasteiger partial charge < -0.3 is 9.47 Å². The molecule has 23 heavy (non-hydrogen) atoms. The molecule has 0 aromatic heterocycles. The third-order valence-corrected chi connectivity index (χ3v) is 4.33. The van der Waals surface area contributed by atoms with E-state index in [-0.39, 0.29) is 16.4 Å². The van der Waals surface area contributed by atoms with E-state index in [2.05, 4.69) is 0 Å². The highest BCUT2D eigenvalue weighted by Crippen LogP contribution is 2.30. The Labute approximate surface area is 130 Å². The van der Waals surface area contributed by atoms with E-state index in [9.17, 15) is 21.6 Å². The van der Waals surface area contributed by atoms with Gasteiger partial charge in [0.2, 0.25) is 0 Å². The molecule has 0 unspecified atom stereocenters. The molecule has 2 aromatic rings. The van der Waals surface area contributed by atoms with Gasteiger partial charge in [-0.15, -0.1) is 0 Å². The van der Waals surface area contributed by atoms with Crippen LogP contribution in [0.5, 0.6) is 11.5 Å². The van der Waals surface area contributed by atoms with Crippen molar-refractivity contribution >= 4 is 15.7 Å². The molecule has 2 rings (SSSR count). The molecule has 1 N–H and O–H groups in total. The van der Waals surface area contributed by atoms with Gasteiger partial charge in [0, 0.05) is 6.07 Å². The number of ether oxygens (including phenoxy) is 2. The summed E-state index contributed by atoms with van der Waals surface area (Å²) in [6.07, 6.45) is 0. The number of methoxy groups -OCH3 is 2. The van der Waals surface area contributed by atoms with E-state index in [1.165, 1.54) is 26.4 Å². The maximum Gasteiger partial charge on any atom is 0.265 e. The average molecular weight is 347 g/mol. The zero-order valence-electron chi connectivity index (χ0n) is 12.1. The predicted molar refractivity (Wildman–Crippen MR) is 76.7 cm³/mol. The number of hydrogen-bond acceptors (Lipinski definition) is 4. The zero-order chi connectivity index (χ0) is 17.2. The van der Waals surface area contributed by atoms with Gasteiger partial charge in [-0.05, 0) is 24.3 Å². The molecule has 5 nitrogen and oxygen atoms in total. The molecule has 0 heterocycles. The van der Waals surface area contributed by atoms with Crippen LogP contribution in [0.3, 0.4) is 0 Å². The molecular formula is C14H12F3NO4S. The van der Waals surface area contributed by atoms with Crippen LogP contribution in [0, 0.1) is 17.5 Å². The summed E-state index contributed by atoms with van der Waals surface area (Å²) in [6.45, 7) is 0. The number of nitrogens with one attached hydrogen (secondary N) is 1. The average Bonchev–Trinajstić information content (AvgIpc) is 2.54. The largest absolute Gasteiger partial charge is 0.497 e. The first-order valence-electron chi connectivity index (χ1n) is 6.18. The first-order chi connectivity index (χ1) is 10.8. The van der Waals surface area contributed by atoms with Crippen molar-refractivity contribution in [2.45, 2.75) is 4.90 Å². The van der Waals surface area contributed by atoms with Crippen LogP contribution in [0.2, 0.25) is 0 Å². The summed E-state index contributed by atoms with van der Waals surface area (Å²) < 4.78 is 76.2. The Kier molecular flexibility index (Phi) is 4.69. The van der Waals surface area contributed by atoms with Gasteiger partial charge in [-0.25, -0.2) is 21.6 Å². The topological polar surface area (TPSA) is 64.6 Å². The lowest BCUT2D eigenvalue weighted by molar-refractivity contribution is 0.392. The number of hydrogen-bond donors (Lipinski definition) is 1. The SMILES string of the molecule is COc1ccc(OC)c(S(=O)(=O)Nc2ccc(F)c(F)c2F)c1. The van der Waals surface area contributed by atoms with Gasteiger partial charge in [0.05, 0.1) is 19.9 Å². The van der Waals surface area contributed by atoms with Gasteiger partial charge in [-0.3, -0.25) is 4.72 Å². The van der Waals surface area contributed by atoms with Crippen molar-refractivity contribution in [1.82, 2.24) is 0 Å². The van der Waals surface area contributed by atoms with Crippen LogP contribution in [0.25, 0.3) is 0 Å². The first kappa shape index (κ1) is 16.9. The van der Waals surface area contributed by atoms with Crippen molar-refractivity contribution < 1.29 is 31.1 Å². The van der Waals surface area contributed by atoms with Crippen LogP contribution in [-0.4, -0.2) is 22.6 Å². The monoisotopic (exact) mass is 347 g/mol. The van der Waals surface area contributed by atoms with Gasteiger partial charge in [0.1, 0.15) is 16.4 Å². The van der Waals surface area contributed by atoms with Crippen molar-refractivity contribution in [3.8, 4) is 11.5 Å². The fourth-order valence-electron chi connectivity index (χ4n) is 1.80. The zero-order valence-corrected chi connectivity index (χ0v) is 12.9. The van der Waals surface area contributed by atoms with E-state index < -0.39 is 33.2 Å². The van der Waals surface area contributed by atoms with Crippen LogP contribution < -0.4 is 14.2 Å². The van der Waals surface area contributed by atoms with E-state index in [1.807, 2.05) is 4.72 Å². The van der Waals surface area contributed by atoms with Crippen LogP contribution in [0.15, 0.2) is 35.2 Å². The van der Waals surface area contributed by atoms with Crippen molar-refractivity contribution in [2.75, 3.05) is 18.9 Å². The molecule has 0 atom stereocenters. The second-order valence-electron chi connectivity index (χ2n) is 4.35. The minimum Gasteiger partial charge on any atom is -0.497 e. The lowest BCUT2D eigenvalue weighted by Crippen LogP contribution is -2.16. The Balaban J connectivity index is 2.50. The van der Waals surface area contributed by atoms with Crippen LogP contribution >= 0.6 is 0 Å². The molecule has 0 aliphatic carbocycles. The molecule has 0 spiro atoms. The van der Waals surface area contributed by atoms with Crippen LogP contribution in [0.1, 0.15) is 0 Å². The molecule has 0 bridgehead atoms. The minimum absolute atomic E-state index is 0.0266. The number of benzene rings is 2. The highest BCUT2D eigenvalue weighted by atomic mass is 32.2. The normalized spacial score (nSPS) is 11.2. The standard InChI is InChI=1S/C14H12F3NO4S/c1-21-8-3-6-11(22-2)12(7-8)23(19,20)18-10-5-4-9(15)13(16)14(10)17/h3-7,18H,1-2H3. The van der Waals surface area contributed by atoms with Crippen molar-refractivity contribution in [3.05, 3.63) is 47.8 Å². The molecule has 124 valence electrons.